The van der Waals surface area contributed by atoms with Gasteiger partial charge in [0.05, 0.1) is 54.1 Å². The smallest absolute Gasteiger partial charge is 0.0970 e. The fraction of sp³-hybridized carbons (Fsp3) is 0.333. The number of aromatic nitrogens is 2. The Labute approximate surface area is 237 Å². The number of allylic oxidation sites excluding steroid dienone is 5. The van der Waals surface area contributed by atoms with E-state index < -0.39 is 0 Å². The molecule has 1 aromatic heterocycles. The van der Waals surface area contributed by atoms with Gasteiger partial charge in [0.15, 0.2) is 0 Å². The van der Waals surface area contributed by atoms with Crippen LogP contribution in [0.4, 0.5) is 0 Å². The van der Waals surface area contributed by atoms with Crippen molar-refractivity contribution in [3.63, 3.8) is 0 Å². The summed E-state index contributed by atoms with van der Waals surface area (Å²) in [4.78, 5) is 26.2. The Kier molecular flexibility index (Phi) is 4.47. The van der Waals surface area contributed by atoms with Crippen LogP contribution in [0, 0.1) is 11.8 Å². The van der Waals surface area contributed by atoms with Crippen LogP contribution >= 0.6 is 47.0 Å². The summed E-state index contributed by atoms with van der Waals surface area (Å²) in [7, 11) is 0. The molecule has 0 radical (unpaired) electrons. The third kappa shape index (κ3) is 3.06. The maximum absolute atomic E-state index is 5.27. The Bertz CT molecular complexity index is 1680. The highest BCUT2D eigenvalue weighted by Crippen LogP contribution is 2.63. The first-order chi connectivity index (χ1) is 18.7. The minimum absolute atomic E-state index is 0.192. The van der Waals surface area contributed by atoms with Crippen LogP contribution in [0.5, 0.6) is 0 Å². The van der Waals surface area contributed by atoms with Crippen LogP contribution in [-0.2, 0) is 0 Å². The molecule has 0 spiro atoms. The molecular formula is C30H22N4S4. The van der Waals surface area contributed by atoms with Crippen LogP contribution in [0.2, 0.25) is 0 Å². The molecule has 2 aromatic rings. The Balaban J connectivity index is 0.960. The monoisotopic (exact) mass is 566 g/mol. The largest absolute Gasteiger partial charge is 0.277 e. The second kappa shape index (κ2) is 7.80. The standard InChI is InChI=1S/C30H22N4S4/c1-2-14-4-3-13(1)25-26(14)32-18-10-22-21(9-17(18)31-25)35-29(36-22)30-37-23-11-19-20(12-24(23)38-30)34-28-16-6-5-15(7-8-16)27(28)33-19/h1-2,5-6,9-11,13-16,20H,3-4,7-8,12H2. The number of fused-ring (bicyclic) bond motifs is 5. The molecule has 0 N–H and O–H groups in total. The summed E-state index contributed by atoms with van der Waals surface area (Å²) < 4.78 is 2.80. The molecule has 5 atom stereocenters. The summed E-state index contributed by atoms with van der Waals surface area (Å²) in [5, 5.41) is 0. The van der Waals surface area contributed by atoms with Crippen LogP contribution in [0.25, 0.3) is 11.0 Å². The van der Waals surface area contributed by atoms with E-state index >= 15 is 0 Å². The number of aliphatic imine (C=N–C) groups is 2. The highest BCUT2D eigenvalue weighted by Gasteiger charge is 2.40. The third-order valence-electron chi connectivity index (χ3n) is 8.99. The van der Waals surface area contributed by atoms with E-state index in [1.165, 1.54) is 82.3 Å². The van der Waals surface area contributed by atoms with E-state index in [2.05, 4.69) is 42.5 Å². The molecule has 186 valence electrons. The molecule has 38 heavy (non-hydrogen) atoms. The highest BCUT2D eigenvalue weighted by molar-refractivity contribution is 8.32. The van der Waals surface area contributed by atoms with Crippen molar-refractivity contribution in [3.8, 4) is 0 Å². The maximum atomic E-state index is 5.27. The fourth-order valence-corrected chi connectivity index (χ4v) is 12.6. The predicted octanol–water partition coefficient (Wildman–Crippen LogP) is 8.32. The van der Waals surface area contributed by atoms with Crippen molar-refractivity contribution in [2.45, 2.75) is 59.8 Å². The van der Waals surface area contributed by atoms with Crippen molar-refractivity contribution >= 4 is 69.5 Å². The average Bonchev–Trinajstić information content (AvgIpc) is 3.57. The molecule has 7 aliphatic carbocycles. The highest BCUT2D eigenvalue weighted by atomic mass is 32.2. The third-order valence-corrected chi connectivity index (χ3v) is 14.7. The number of rotatable bonds is 0. The zero-order valence-electron chi connectivity index (χ0n) is 20.4. The van der Waals surface area contributed by atoms with Gasteiger partial charge >= 0.3 is 0 Å². The number of nitrogens with zero attached hydrogens (tertiary/aromatic N) is 4. The Morgan fingerprint density at radius 1 is 0.658 bits per heavy atom. The van der Waals surface area contributed by atoms with Crippen molar-refractivity contribution < 1.29 is 0 Å². The molecule has 3 aliphatic heterocycles. The van der Waals surface area contributed by atoms with E-state index in [1.54, 1.807) is 0 Å². The van der Waals surface area contributed by atoms with Crippen molar-refractivity contribution in [1.29, 1.82) is 0 Å². The molecule has 5 unspecified atom stereocenters. The number of benzene rings is 1. The molecule has 12 rings (SSSR count). The van der Waals surface area contributed by atoms with E-state index in [0.29, 0.717) is 23.7 Å². The fourth-order valence-electron chi connectivity index (χ4n) is 7.05. The number of hydrogen-bond acceptors (Lipinski definition) is 8. The molecule has 10 aliphatic rings. The average molecular weight is 567 g/mol. The van der Waals surface area contributed by atoms with Gasteiger partial charge < -0.3 is 0 Å². The van der Waals surface area contributed by atoms with Crippen molar-refractivity contribution in [1.82, 2.24) is 9.97 Å². The molecule has 4 nitrogen and oxygen atoms in total. The zero-order chi connectivity index (χ0) is 24.5. The summed E-state index contributed by atoms with van der Waals surface area (Å²) in [6, 6.07) is 4.75. The normalized spacial score (nSPS) is 33.2. The van der Waals surface area contributed by atoms with Crippen molar-refractivity contribution in [2.24, 2.45) is 21.8 Å². The molecule has 4 heterocycles. The van der Waals surface area contributed by atoms with Gasteiger partial charge in [-0.05, 0) is 43.9 Å². The zero-order valence-corrected chi connectivity index (χ0v) is 23.7. The van der Waals surface area contributed by atoms with E-state index in [-0.39, 0.29) is 6.04 Å². The van der Waals surface area contributed by atoms with Gasteiger partial charge in [0.1, 0.15) is 0 Å². The SMILES string of the molecule is C1=CC2CCC1C1=NC3=CC4=C(CC3N=C12)SC(=C1Sc2cc3nc5c(nc3cc2S1)C1C=CC5CC1)S4. The van der Waals surface area contributed by atoms with Gasteiger partial charge in [-0.3, -0.25) is 9.98 Å². The Morgan fingerprint density at radius 3 is 1.92 bits per heavy atom. The van der Waals surface area contributed by atoms with Crippen LogP contribution < -0.4 is 0 Å². The van der Waals surface area contributed by atoms with Gasteiger partial charge in [0.25, 0.3) is 0 Å². The molecule has 1 saturated carbocycles. The lowest BCUT2D eigenvalue weighted by Crippen LogP contribution is -2.41. The Hall–Kier alpha value is -2.00. The lowest BCUT2D eigenvalue weighted by molar-refractivity contribution is 0.529. The minimum Gasteiger partial charge on any atom is -0.277 e. The van der Waals surface area contributed by atoms with Gasteiger partial charge in [-0.1, -0.05) is 71.4 Å². The molecular weight excluding hydrogens is 545 g/mol. The van der Waals surface area contributed by atoms with E-state index in [9.17, 15) is 0 Å². The summed E-state index contributed by atoms with van der Waals surface area (Å²) >= 11 is 7.70. The van der Waals surface area contributed by atoms with E-state index in [0.717, 1.165) is 17.5 Å². The molecule has 0 saturated heterocycles. The predicted molar refractivity (Wildman–Crippen MR) is 161 cm³/mol. The topological polar surface area (TPSA) is 50.5 Å². The second-order valence-corrected chi connectivity index (χ2v) is 16.0. The minimum atomic E-state index is 0.192. The lowest BCUT2D eigenvalue weighted by Gasteiger charge is -2.37. The van der Waals surface area contributed by atoms with Gasteiger partial charge in [-0.25, -0.2) is 9.97 Å². The summed E-state index contributed by atoms with van der Waals surface area (Å²) in [6.07, 6.45) is 17.6. The van der Waals surface area contributed by atoms with Crippen molar-refractivity contribution in [2.75, 3.05) is 0 Å². The van der Waals surface area contributed by atoms with Gasteiger partial charge in [-0.2, -0.15) is 0 Å². The number of thioether (sulfide) groups is 4. The quantitative estimate of drug-likeness (QED) is 0.299. The maximum Gasteiger partial charge on any atom is 0.0970 e. The summed E-state index contributed by atoms with van der Waals surface area (Å²) in [5.74, 6) is 1.86. The van der Waals surface area contributed by atoms with E-state index in [1.807, 2.05) is 47.0 Å². The molecule has 0 amide bonds. The first-order valence-corrected chi connectivity index (χ1v) is 16.8. The second-order valence-electron chi connectivity index (χ2n) is 11.2. The first kappa shape index (κ1) is 21.8. The van der Waals surface area contributed by atoms with Gasteiger partial charge in [0, 0.05) is 49.7 Å². The molecule has 1 aromatic carbocycles. The first-order valence-electron chi connectivity index (χ1n) is 13.5. The lowest BCUT2D eigenvalue weighted by atomic mass is 9.72. The Morgan fingerprint density at radius 2 is 1.26 bits per heavy atom. The van der Waals surface area contributed by atoms with Crippen LogP contribution in [0.1, 0.15) is 55.3 Å². The molecule has 4 bridgehead atoms. The van der Waals surface area contributed by atoms with Crippen LogP contribution in [0.15, 0.2) is 86.3 Å². The molecule has 8 heteroatoms. The van der Waals surface area contributed by atoms with Crippen LogP contribution in [0.3, 0.4) is 0 Å². The van der Waals surface area contributed by atoms with Crippen LogP contribution in [-0.4, -0.2) is 27.4 Å². The molecule has 1 fully saturated rings. The number of hydrogen-bond donors (Lipinski definition) is 0. The van der Waals surface area contributed by atoms with E-state index in [4.69, 9.17) is 20.0 Å². The summed E-state index contributed by atoms with van der Waals surface area (Å²) in [5.41, 5.74) is 8.23. The van der Waals surface area contributed by atoms with Gasteiger partial charge in [0.2, 0.25) is 0 Å². The van der Waals surface area contributed by atoms with Crippen molar-refractivity contribution in [3.05, 3.63) is 77.9 Å². The summed E-state index contributed by atoms with van der Waals surface area (Å²) in [6.45, 7) is 0. The van der Waals surface area contributed by atoms with Gasteiger partial charge in [-0.15, -0.1) is 0 Å².